The fourth-order valence-corrected chi connectivity index (χ4v) is 3.18. The number of hydrogen-bond donors (Lipinski definition) is 0. The van der Waals surface area contributed by atoms with Gasteiger partial charge >= 0.3 is 5.97 Å². The van der Waals surface area contributed by atoms with Crippen molar-refractivity contribution in [3.63, 3.8) is 0 Å². The summed E-state index contributed by atoms with van der Waals surface area (Å²) in [5.74, 6) is -0.395. The molecule has 0 fully saturated rings. The van der Waals surface area contributed by atoms with Gasteiger partial charge in [0.2, 0.25) is 0 Å². The van der Waals surface area contributed by atoms with Crippen LogP contribution in [0.1, 0.15) is 52.6 Å². The molecule has 0 amide bonds. The van der Waals surface area contributed by atoms with Crippen LogP contribution in [0.5, 0.6) is 0 Å². The monoisotopic (exact) mass is 391 g/mol. The highest BCUT2D eigenvalue weighted by Gasteiger charge is 2.23. The summed E-state index contributed by atoms with van der Waals surface area (Å²) in [6, 6.07) is 13.0. The van der Waals surface area contributed by atoms with Gasteiger partial charge in [-0.3, -0.25) is 9.78 Å². The third kappa shape index (κ3) is 5.27. The van der Waals surface area contributed by atoms with Gasteiger partial charge in [0.1, 0.15) is 5.60 Å². The zero-order valence-corrected chi connectivity index (χ0v) is 17.0. The molecule has 1 aromatic heterocycles. The van der Waals surface area contributed by atoms with Gasteiger partial charge in [-0.25, -0.2) is 4.79 Å². The van der Waals surface area contributed by atoms with Crippen molar-refractivity contribution in [3.05, 3.63) is 77.1 Å². The van der Waals surface area contributed by atoms with E-state index in [4.69, 9.17) is 9.47 Å². The largest absolute Gasteiger partial charge is 0.456 e. The fourth-order valence-electron chi connectivity index (χ4n) is 3.18. The van der Waals surface area contributed by atoms with Gasteiger partial charge in [0.05, 0.1) is 18.8 Å². The highest BCUT2D eigenvalue weighted by Crippen LogP contribution is 2.28. The van der Waals surface area contributed by atoms with E-state index >= 15 is 0 Å². The van der Waals surface area contributed by atoms with Crippen molar-refractivity contribution in [1.29, 1.82) is 0 Å². The number of benzene rings is 2. The molecule has 2 aromatic carbocycles. The van der Waals surface area contributed by atoms with Gasteiger partial charge in [0.15, 0.2) is 6.29 Å². The van der Waals surface area contributed by atoms with E-state index in [-0.39, 0.29) is 0 Å². The number of carbonyl (C=O) groups is 2. The molecular weight excluding hydrogens is 366 g/mol. The SMILES string of the molecule is CC(C)(C)OC(=O)c1c(CCOCc2cccnc2)cc(C=O)c2ccccc12. The molecule has 0 aliphatic rings. The van der Waals surface area contributed by atoms with Crippen LogP contribution in [0.3, 0.4) is 0 Å². The maximum atomic E-state index is 13.0. The molecular formula is C24H25NO4. The second-order valence-electron chi connectivity index (χ2n) is 7.83. The first-order chi connectivity index (χ1) is 13.9. The number of aromatic nitrogens is 1. The summed E-state index contributed by atoms with van der Waals surface area (Å²) in [5.41, 5.74) is 2.15. The molecule has 0 unspecified atom stereocenters. The maximum Gasteiger partial charge on any atom is 0.339 e. The first-order valence-corrected chi connectivity index (χ1v) is 9.59. The van der Waals surface area contributed by atoms with Crippen molar-refractivity contribution in [3.8, 4) is 0 Å². The summed E-state index contributed by atoms with van der Waals surface area (Å²) in [5, 5.41) is 1.46. The Labute approximate surface area is 170 Å². The molecule has 0 N–H and O–H groups in total. The van der Waals surface area contributed by atoms with Crippen LogP contribution in [0, 0.1) is 0 Å². The Bertz CT molecular complexity index is 1010. The highest BCUT2D eigenvalue weighted by atomic mass is 16.6. The third-order valence-electron chi connectivity index (χ3n) is 4.40. The third-order valence-corrected chi connectivity index (χ3v) is 4.40. The van der Waals surface area contributed by atoms with E-state index < -0.39 is 11.6 Å². The second kappa shape index (κ2) is 8.97. The summed E-state index contributed by atoms with van der Waals surface area (Å²) in [4.78, 5) is 28.7. The number of rotatable bonds is 7. The van der Waals surface area contributed by atoms with Crippen LogP contribution in [0.2, 0.25) is 0 Å². The number of aldehydes is 1. The zero-order valence-electron chi connectivity index (χ0n) is 17.0. The summed E-state index contributed by atoms with van der Waals surface area (Å²) >= 11 is 0. The molecule has 0 saturated heterocycles. The lowest BCUT2D eigenvalue weighted by molar-refractivity contribution is 0.00701. The van der Waals surface area contributed by atoms with Crippen LogP contribution in [-0.4, -0.2) is 29.4 Å². The minimum atomic E-state index is -0.615. The van der Waals surface area contributed by atoms with Gasteiger partial charge in [-0.2, -0.15) is 0 Å². The van der Waals surface area contributed by atoms with E-state index in [2.05, 4.69) is 4.98 Å². The highest BCUT2D eigenvalue weighted by molar-refractivity contribution is 6.10. The van der Waals surface area contributed by atoms with Crippen molar-refractivity contribution in [2.75, 3.05) is 6.61 Å². The van der Waals surface area contributed by atoms with E-state index in [1.165, 1.54) is 0 Å². The molecule has 0 aliphatic heterocycles. The predicted octanol–water partition coefficient (Wildman–Crippen LogP) is 4.76. The molecule has 0 aliphatic carbocycles. The van der Waals surface area contributed by atoms with Gasteiger partial charge in [-0.15, -0.1) is 0 Å². The van der Waals surface area contributed by atoms with Crippen molar-refractivity contribution in [1.82, 2.24) is 4.98 Å². The number of carbonyl (C=O) groups excluding carboxylic acids is 2. The van der Waals surface area contributed by atoms with Gasteiger partial charge in [0.25, 0.3) is 0 Å². The van der Waals surface area contributed by atoms with E-state index in [0.717, 1.165) is 22.8 Å². The maximum absolute atomic E-state index is 13.0. The average Bonchev–Trinajstić information content (AvgIpc) is 2.69. The molecule has 5 nitrogen and oxygen atoms in total. The van der Waals surface area contributed by atoms with Gasteiger partial charge < -0.3 is 9.47 Å². The Hall–Kier alpha value is -3.05. The number of pyridine rings is 1. The van der Waals surface area contributed by atoms with E-state index in [1.54, 1.807) is 18.5 Å². The summed E-state index contributed by atoms with van der Waals surface area (Å²) < 4.78 is 11.4. The van der Waals surface area contributed by atoms with Gasteiger partial charge in [-0.05, 0) is 61.2 Å². The Morgan fingerprint density at radius 2 is 1.86 bits per heavy atom. The summed E-state index contributed by atoms with van der Waals surface area (Å²) in [6.07, 6.45) is 4.78. The molecule has 29 heavy (non-hydrogen) atoms. The topological polar surface area (TPSA) is 65.5 Å². The Kier molecular flexibility index (Phi) is 6.39. The zero-order chi connectivity index (χ0) is 20.9. The Balaban J connectivity index is 1.90. The molecule has 3 aromatic rings. The van der Waals surface area contributed by atoms with Crippen molar-refractivity contribution >= 4 is 23.0 Å². The molecule has 0 spiro atoms. The standard InChI is InChI=1S/C24H25NO4/c1-24(2,3)29-23(27)22-18(10-12-28-16-17-7-6-11-25-14-17)13-19(15-26)20-8-4-5-9-21(20)22/h4-9,11,13-15H,10,12,16H2,1-3H3. The van der Waals surface area contributed by atoms with Crippen LogP contribution in [0.25, 0.3) is 10.8 Å². The van der Waals surface area contributed by atoms with Crippen LogP contribution in [0.4, 0.5) is 0 Å². The summed E-state index contributed by atoms with van der Waals surface area (Å²) in [7, 11) is 0. The fraction of sp³-hybridized carbons (Fsp3) is 0.292. The van der Waals surface area contributed by atoms with Crippen molar-refractivity contribution < 1.29 is 19.1 Å². The minimum Gasteiger partial charge on any atom is -0.456 e. The molecule has 0 saturated carbocycles. The van der Waals surface area contributed by atoms with Crippen LogP contribution in [-0.2, 0) is 22.5 Å². The van der Waals surface area contributed by atoms with Gasteiger partial charge in [0, 0.05) is 18.0 Å². The normalized spacial score (nSPS) is 11.4. The minimum absolute atomic E-state index is 0.395. The lowest BCUT2D eigenvalue weighted by Crippen LogP contribution is -2.25. The number of hydrogen-bond acceptors (Lipinski definition) is 5. The van der Waals surface area contributed by atoms with Crippen molar-refractivity contribution in [2.45, 2.75) is 39.4 Å². The Morgan fingerprint density at radius 3 is 2.52 bits per heavy atom. The molecule has 0 atom stereocenters. The number of fused-ring (bicyclic) bond motifs is 1. The van der Waals surface area contributed by atoms with E-state index in [1.807, 2.05) is 57.2 Å². The number of esters is 1. The Morgan fingerprint density at radius 1 is 1.10 bits per heavy atom. The first kappa shape index (κ1) is 20.7. The van der Waals surface area contributed by atoms with Crippen LogP contribution in [0.15, 0.2) is 54.9 Å². The number of ether oxygens (including phenoxy) is 2. The van der Waals surface area contributed by atoms with E-state index in [0.29, 0.717) is 36.1 Å². The molecule has 1 heterocycles. The van der Waals surface area contributed by atoms with Crippen LogP contribution < -0.4 is 0 Å². The van der Waals surface area contributed by atoms with Crippen molar-refractivity contribution in [2.24, 2.45) is 0 Å². The molecule has 0 bridgehead atoms. The average molecular weight is 391 g/mol. The summed E-state index contributed by atoms with van der Waals surface area (Å²) in [6.45, 7) is 6.35. The second-order valence-corrected chi connectivity index (χ2v) is 7.83. The molecule has 150 valence electrons. The van der Waals surface area contributed by atoms with Crippen LogP contribution >= 0.6 is 0 Å². The lowest BCUT2D eigenvalue weighted by Gasteiger charge is -2.22. The predicted molar refractivity (Wildman–Crippen MR) is 112 cm³/mol. The van der Waals surface area contributed by atoms with Gasteiger partial charge in [-0.1, -0.05) is 30.3 Å². The first-order valence-electron chi connectivity index (χ1n) is 9.59. The lowest BCUT2D eigenvalue weighted by atomic mass is 9.93. The molecule has 0 radical (unpaired) electrons. The molecule has 3 rings (SSSR count). The quantitative estimate of drug-likeness (QED) is 0.330. The molecule has 5 heteroatoms. The number of nitrogens with zero attached hydrogens (tertiary/aromatic N) is 1. The smallest absolute Gasteiger partial charge is 0.339 e. The van der Waals surface area contributed by atoms with E-state index in [9.17, 15) is 9.59 Å².